The molecule has 8 aromatic carbocycles. The zero-order chi connectivity index (χ0) is 33.2. The minimum Gasteiger partial charge on any atom is -0.231 e. The third-order valence-corrected chi connectivity index (χ3v) is 13.2. The summed E-state index contributed by atoms with van der Waals surface area (Å²) in [7, 11) is 0. The molecule has 51 heavy (non-hydrogen) atoms. The highest BCUT2D eigenvalue weighted by atomic mass is 32.1. The molecule has 0 N–H and O–H groups in total. The van der Waals surface area contributed by atoms with Gasteiger partial charge < -0.3 is 0 Å². The van der Waals surface area contributed by atoms with Crippen LogP contribution in [0.5, 0.6) is 0 Å². The molecule has 0 saturated heterocycles. The van der Waals surface area contributed by atoms with Crippen LogP contribution in [0.1, 0.15) is 22.9 Å². The van der Waals surface area contributed by atoms with Crippen LogP contribution in [0.2, 0.25) is 0 Å². The summed E-state index contributed by atoms with van der Waals surface area (Å²) in [5, 5.41) is 12.6. The van der Waals surface area contributed by atoms with Crippen molar-refractivity contribution in [2.24, 2.45) is 0 Å². The molecule has 1 aliphatic carbocycles. The molecule has 0 aliphatic heterocycles. The number of fused-ring (bicyclic) bond motifs is 16. The number of thiophene rings is 2. The van der Waals surface area contributed by atoms with Gasteiger partial charge in [0.2, 0.25) is 0 Å². The van der Waals surface area contributed by atoms with E-state index >= 15 is 0 Å². The Kier molecular flexibility index (Phi) is 5.62. The molecule has 1 aliphatic rings. The van der Waals surface area contributed by atoms with Crippen LogP contribution in [0.15, 0.2) is 152 Å². The second-order valence-corrected chi connectivity index (χ2v) is 15.7. The highest BCUT2D eigenvalue weighted by molar-refractivity contribution is 7.27. The lowest BCUT2D eigenvalue weighted by molar-refractivity contribution is 0.900. The van der Waals surface area contributed by atoms with Crippen molar-refractivity contribution in [2.45, 2.75) is 5.92 Å². The lowest BCUT2D eigenvalue weighted by Gasteiger charge is -2.17. The normalized spacial score (nSPS) is 14.1. The molecular weight excluding hydrogens is 657 g/mol. The van der Waals surface area contributed by atoms with Gasteiger partial charge in [0.25, 0.3) is 0 Å². The van der Waals surface area contributed by atoms with Crippen LogP contribution in [-0.4, -0.2) is 9.97 Å². The number of hydrogen-bond acceptors (Lipinski definition) is 4. The van der Waals surface area contributed by atoms with Crippen molar-refractivity contribution in [1.29, 1.82) is 0 Å². The number of hydrogen-bond donors (Lipinski definition) is 0. The molecular formula is C47H26N2S2. The Labute approximate surface area is 300 Å². The van der Waals surface area contributed by atoms with Gasteiger partial charge in [-0.2, -0.15) is 0 Å². The Hall–Kier alpha value is -5.94. The molecule has 236 valence electrons. The van der Waals surface area contributed by atoms with Gasteiger partial charge in [0, 0.05) is 46.6 Å². The summed E-state index contributed by atoms with van der Waals surface area (Å²) in [4.78, 5) is 12.3. The van der Waals surface area contributed by atoms with E-state index in [4.69, 9.17) is 9.97 Å². The maximum Gasteiger partial charge on any atom is 0.142 e. The van der Waals surface area contributed by atoms with Gasteiger partial charge in [-0.1, -0.05) is 133 Å². The van der Waals surface area contributed by atoms with E-state index in [2.05, 4.69) is 152 Å². The number of aromatic nitrogens is 2. The first kappa shape index (κ1) is 27.8. The van der Waals surface area contributed by atoms with Gasteiger partial charge >= 0.3 is 0 Å². The fourth-order valence-corrected chi connectivity index (χ4v) is 11.1. The Morgan fingerprint density at radius 2 is 1.12 bits per heavy atom. The largest absolute Gasteiger partial charge is 0.231 e. The van der Waals surface area contributed by atoms with Gasteiger partial charge in [0.05, 0.1) is 11.6 Å². The van der Waals surface area contributed by atoms with Crippen LogP contribution in [0, 0.1) is 0 Å². The maximum atomic E-state index is 5.69. The first-order valence-electron chi connectivity index (χ1n) is 17.4. The van der Waals surface area contributed by atoms with Crippen LogP contribution in [-0.2, 0) is 0 Å². The van der Waals surface area contributed by atoms with Crippen molar-refractivity contribution in [1.82, 2.24) is 9.97 Å². The van der Waals surface area contributed by atoms with E-state index in [-0.39, 0.29) is 5.92 Å². The molecule has 0 spiro atoms. The summed E-state index contributed by atoms with van der Waals surface area (Å²) in [6.45, 7) is 0. The van der Waals surface area contributed by atoms with E-state index in [0.29, 0.717) is 0 Å². The van der Waals surface area contributed by atoms with Crippen LogP contribution in [0.4, 0.5) is 0 Å². The summed E-state index contributed by atoms with van der Waals surface area (Å²) in [5.41, 5.74) is 7.33. The third-order valence-electron chi connectivity index (χ3n) is 10.9. The molecule has 1 atom stereocenters. The SMILES string of the molecule is c1ccc2c(c1)-c1c(c3c4ccccc4sc3c3ccccc13)C2c1nc(-c2ccc3c(ccc4ccccc43)c2)c2c(n1)sc1ccccc12. The molecule has 12 rings (SSSR count). The number of rotatable bonds is 2. The lowest BCUT2D eigenvalue weighted by atomic mass is 9.89. The zero-order valence-electron chi connectivity index (χ0n) is 27.2. The third kappa shape index (κ3) is 3.81. The van der Waals surface area contributed by atoms with Crippen molar-refractivity contribution in [2.75, 3.05) is 0 Å². The molecule has 0 fully saturated rings. The molecule has 0 radical (unpaired) electrons. The predicted octanol–water partition coefficient (Wildman–Crippen LogP) is 13.5. The average molecular weight is 683 g/mol. The van der Waals surface area contributed by atoms with E-state index in [1.54, 1.807) is 11.3 Å². The van der Waals surface area contributed by atoms with Crippen LogP contribution in [0.3, 0.4) is 0 Å². The van der Waals surface area contributed by atoms with E-state index < -0.39 is 0 Å². The monoisotopic (exact) mass is 682 g/mol. The topological polar surface area (TPSA) is 25.8 Å². The Balaban J connectivity index is 1.21. The predicted molar refractivity (Wildman–Crippen MR) is 219 cm³/mol. The molecule has 11 aromatic rings. The summed E-state index contributed by atoms with van der Waals surface area (Å²) in [5.74, 6) is 0.750. The first-order valence-corrected chi connectivity index (χ1v) is 19.0. The molecule has 1 unspecified atom stereocenters. The summed E-state index contributed by atoms with van der Waals surface area (Å²) < 4.78 is 3.88. The Bertz CT molecular complexity index is 3280. The van der Waals surface area contributed by atoms with E-state index in [1.165, 1.54) is 84.8 Å². The zero-order valence-corrected chi connectivity index (χ0v) is 28.9. The van der Waals surface area contributed by atoms with E-state index in [0.717, 1.165) is 27.3 Å². The fourth-order valence-electron chi connectivity index (χ4n) is 8.79. The van der Waals surface area contributed by atoms with Gasteiger partial charge in [-0.15, -0.1) is 22.7 Å². The van der Waals surface area contributed by atoms with Crippen molar-refractivity contribution in [3.05, 3.63) is 169 Å². The molecule has 2 nitrogen and oxygen atoms in total. The first-order chi connectivity index (χ1) is 25.3. The minimum atomic E-state index is -0.112. The van der Waals surface area contributed by atoms with E-state index in [1.807, 2.05) is 11.3 Å². The van der Waals surface area contributed by atoms with Crippen molar-refractivity contribution in [3.8, 4) is 22.4 Å². The van der Waals surface area contributed by atoms with Crippen molar-refractivity contribution >= 4 is 95.5 Å². The van der Waals surface area contributed by atoms with Crippen LogP contribution >= 0.6 is 22.7 Å². The standard InChI is InChI=1S/C47H26N2S2/c1-2-12-29-26(11-1)21-22-27-25-28(23-24-30(27)29)44-42-36-18-8-10-20-38(36)51-47(42)49-46(48-44)41-32-14-4-3-13-31(32)39-33-15-5-6-16-34(33)45-40(43(39)41)35-17-7-9-19-37(35)50-45/h1-25,41H. The average Bonchev–Trinajstić information content (AvgIpc) is 3.87. The Morgan fingerprint density at radius 1 is 0.471 bits per heavy atom. The molecule has 4 heteroatoms. The van der Waals surface area contributed by atoms with Gasteiger partial charge in [0.1, 0.15) is 10.7 Å². The number of nitrogens with zero attached hydrogens (tertiary/aromatic N) is 2. The smallest absolute Gasteiger partial charge is 0.142 e. The van der Waals surface area contributed by atoms with E-state index in [9.17, 15) is 0 Å². The molecule has 3 heterocycles. The summed E-state index contributed by atoms with van der Waals surface area (Å²) in [6, 6.07) is 55.5. The minimum absolute atomic E-state index is 0.112. The van der Waals surface area contributed by atoms with Crippen LogP contribution < -0.4 is 0 Å². The fraction of sp³-hybridized carbons (Fsp3) is 0.0213. The number of benzene rings is 8. The van der Waals surface area contributed by atoms with Crippen molar-refractivity contribution in [3.63, 3.8) is 0 Å². The molecule has 3 aromatic heterocycles. The van der Waals surface area contributed by atoms with Crippen LogP contribution in [0.25, 0.3) is 95.2 Å². The van der Waals surface area contributed by atoms with Gasteiger partial charge in [-0.25, -0.2) is 9.97 Å². The summed E-state index contributed by atoms with van der Waals surface area (Å²) in [6.07, 6.45) is 0. The maximum absolute atomic E-state index is 5.69. The van der Waals surface area contributed by atoms with Gasteiger partial charge in [-0.3, -0.25) is 0 Å². The van der Waals surface area contributed by atoms with Crippen molar-refractivity contribution < 1.29 is 0 Å². The second-order valence-electron chi connectivity index (χ2n) is 13.6. The lowest BCUT2D eigenvalue weighted by Crippen LogP contribution is -2.07. The second kappa shape index (κ2) is 10.3. The summed E-state index contributed by atoms with van der Waals surface area (Å²) >= 11 is 3.67. The molecule has 0 saturated carbocycles. The Morgan fingerprint density at radius 3 is 1.98 bits per heavy atom. The van der Waals surface area contributed by atoms with Gasteiger partial charge in [0.15, 0.2) is 0 Å². The van der Waals surface area contributed by atoms with Gasteiger partial charge in [-0.05, 0) is 67.4 Å². The highest BCUT2D eigenvalue weighted by Gasteiger charge is 2.37. The quantitative estimate of drug-likeness (QED) is 0.170. The molecule has 0 amide bonds. The highest BCUT2D eigenvalue weighted by Crippen LogP contribution is 2.56. The molecule has 0 bridgehead atoms.